The number of nitriles is 1. The van der Waals surface area contributed by atoms with Crippen molar-refractivity contribution in [2.75, 3.05) is 5.73 Å². The van der Waals surface area contributed by atoms with Gasteiger partial charge in [-0.15, -0.1) is 0 Å². The van der Waals surface area contributed by atoms with Gasteiger partial charge in [0.05, 0.1) is 21.6 Å². The number of nitrogens with zero attached hydrogens (tertiary/aromatic N) is 3. The van der Waals surface area contributed by atoms with Gasteiger partial charge in [0.15, 0.2) is 0 Å². The molecule has 1 aromatic carbocycles. The number of halogens is 1. The highest BCUT2D eigenvalue weighted by atomic mass is 19.1. The second-order valence-electron chi connectivity index (χ2n) is 4.96. The number of anilines is 1. The number of pyridine rings is 1. The highest BCUT2D eigenvalue weighted by molar-refractivity contribution is 6.23. The number of hydrogen-bond acceptors (Lipinski definition) is 7. The Morgan fingerprint density at radius 3 is 2.52 bits per heavy atom. The Hall–Kier alpha value is -4.07. The van der Waals surface area contributed by atoms with Crippen molar-refractivity contribution in [3.05, 3.63) is 61.2 Å². The summed E-state index contributed by atoms with van der Waals surface area (Å²) in [5.41, 5.74) is 2.21. The average molecular weight is 343 g/mol. The molecule has 3 rings (SSSR count). The first-order valence-corrected chi connectivity index (χ1v) is 6.56. The Morgan fingerprint density at radius 2 is 1.92 bits per heavy atom. The molecule has 2 amide bonds. The van der Waals surface area contributed by atoms with Crippen molar-refractivity contribution in [3.8, 4) is 11.8 Å². The van der Waals surface area contributed by atoms with Gasteiger partial charge in [-0.05, 0) is 0 Å². The lowest BCUT2D eigenvalue weighted by Crippen LogP contribution is -2.25. The van der Waals surface area contributed by atoms with Crippen molar-refractivity contribution in [1.82, 2.24) is 9.88 Å². The number of fused-ring (bicyclic) bond motifs is 1. The Balaban J connectivity index is 2.42. The Morgan fingerprint density at radius 1 is 1.24 bits per heavy atom. The largest absolute Gasteiger partial charge is 0.384 e. The zero-order valence-electron chi connectivity index (χ0n) is 12.1. The maximum absolute atomic E-state index is 13.9. The third-order valence-corrected chi connectivity index (χ3v) is 3.58. The molecule has 0 spiro atoms. The predicted octanol–water partition coefficient (Wildman–Crippen LogP) is 0.222. The number of nitro benzene ring substituents is 1. The summed E-state index contributed by atoms with van der Waals surface area (Å²) in [5.74, 6) is -3.40. The molecule has 3 N–H and O–H groups in total. The summed E-state index contributed by atoms with van der Waals surface area (Å²) < 4.78 is 14.5. The molecule has 0 saturated carbocycles. The molecule has 1 aromatic heterocycles. The first kappa shape index (κ1) is 15.8. The molecular formula is C14H6FN5O5. The zero-order valence-corrected chi connectivity index (χ0v) is 12.1. The summed E-state index contributed by atoms with van der Waals surface area (Å²) in [6, 6.07) is 3.46. The smallest absolute Gasteiger partial charge is 0.294 e. The molecule has 0 saturated heterocycles. The summed E-state index contributed by atoms with van der Waals surface area (Å²) in [5, 5.41) is 22.0. The molecule has 10 nitrogen and oxygen atoms in total. The second kappa shape index (κ2) is 5.24. The lowest BCUT2D eigenvalue weighted by Gasteiger charge is -2.12. The van der Waals surface area contributed by atoms with Crippen LogP contribution in [-0.2, 0) is 0 Å². The second-order valence-corrected chi connectivity index (χ2v) is 4.96. The van der Waals surface area contributed by atoms with Gasteiger partial charge in [-0.3, -0.25) is 34.4 Å². The lowest BCUT2D eigenvalue weighted by atomic mass is 10.1. The van der Waals surface area contributed by atoms with Gasteiger partial charge in [0, 0.05) is 18.2 Å². The number of nitrogens with two attached hydrogens (primary N) is 1. The molecule has 1 aliphatic rings. The van der Waals surface area contributed by atoms with E-state index in [4.69, 9.17) is 11.0 Å². The summed E-state index contributed by atoms with van der Waals surface area (Å²) in [4.78, 5) is 46.0. The van der Waals surface area contributed by atoms with Crippen LogP contribution in [0, 0.1) is 27.3 Å². The first-order valence-electron chi connectivity index (χ1n) is 6.56. The predicted molar refractivity (Wildman–Crippen MR) is 79.6 cm³/mol. The molecule has 25 heavy (non-hydrogen) atoms. The van der Waals surface area contributed by atoms with Crippen LogP contribution in [0.2, 0.25) is 0 Å². The molecule has 0 unspecified atom stereocenters. The summed E-state index contributed by atoms with van der Waals surface area (Å²) in [6.45, 7) is 0. The van der Waals surface area contributed by atoms with E-state index >= 15 is 0 Å². The molecular weight excluding hydrogens is 337 g/mol. The van der Waals surface area contributed by atoms with Crippen molar-refractivity contribution < 1.29 is 18.9 Å². The van der Waals surface area contributed by atoms with E-state index < -0.39 is 50.9 Å². The minimum absolute atomic E-state index is 0.277. The number of carbonyl (C=O) groups is 2. The number of nitrogen functional groups attached to an aromatic ring is 1. The van der Waals surface area contributed by atoms with Crippen LogP contribution in [0.1, 0.15) is 26.3 Å². The van der Waals surface area contributed by atoms with Crippen molar-refractivity contribution in [2.45, 2.75) is 0 Å². The van der Waals surface area contributed by atoms with Gasteiger partial charge >= 0.3 is 0 Å². The first-order chi connectivity index (χ1) is 11.8. The molecule has 2 heterocycles. The molecule has 0 radical (unpaired) electrons. The van der Waals surface area contributed by atoms with Crippen molar-refractivity contribution >= 4 is 23.3 Å². The highest BCUT2D eigenvalue weighted by Gasteiger charge is 2.33. The standard InChI is InChI=1S/C14H6FN5O5/c15-7-3-8(9(20(24)25)1-5(7)4-16)19-10(21)2-6-11(12(19)17)14(23)18-13(6)22/h1-3H,17H2,(H,18,22,23). The molecule has 124 valence electrons. The molecule has 0 atom stereocenters. The number of nitrogens with one attached hydrogen (secondary N) is 1. The third kappa shape index (κ3) is 2.20. The van der Waals surface area contributed by atoms with E-state index in [-0.39, 0.29) is 11.1 Å². The fraction of sp³-hybridized carbons (Fsp3) is 0. The van der Waals surface area contributed by atoms with Gasteiger partial charge in [-0.2, -0.15) is 5.26 Å². The maximum Gasteiger partial charge on any atom is 0.294 e. The van der Waals surface area contributed by atoms with Crippen LogP contribution in [-0.4, -0.2) is 21.3 Å². The van der Waals surface area contributed by atoms with Crippen LogP contribution in [0.15, 0.2) is 23.0 Å². The topological polar surface area (TPSA) is 161 Å². The molecule has 0 bridgehead atoms. The van der Waals surface area contributed by atoms with Gasteiger partial charge in [0.25, 0.3) is 23.1 Å². The molecule has 0 aliphatic carbocycles. The van der Waals surface area contributed by atoms with E-state index in [0.717, 1.165) is 6.07 Å². The minimum atomic E-state index is -1.12. The number of aromatic nitrogens is 1. The summed E-state index contributed by atoms with van der Waals surface area (Å²) in [7, 11) is 0. The number of imide groups is 1. The molecule has 0 fully saturated rings. The van der Waals surface area contributed by atoms with E-state index in [1.807, 2.05) is 5.32 Å². The number of carbonyl (C=O) groups excluding carboxylic acids is 2. The normalized spacial score (nSPS) is 12.5. The van der Waals surface area contributed by atoms with Crippen molar-refractivity contribution in [2.24, 2.45) is 0 Å². The molecule has 1 aliphatic heterocycles. The lowest BCUT2D eigenvalue weighted by molar-refractivity contribution is -0.384. The van der Waals surface area contributed by atoms with Gasteiger partial charge in [-0.25, -0.2) is 4.39 Å². The monoisotopic (exact) mass is 343 g/mol. The fourth-order valence-electron chi connectivity index (χ4n) is 2.49. The molecule has 11 heteroatoms. The van der Waals surface area contributed by atoms with Crippen LogP contribution < -0.4 is 16.6 Å². The Bertz CT molecular complexity index is 1100. The van der Waals surface area contributed by atoms with Crippen LogP contribution in [0.4, 0.5) is 15.9 Å². The van der Waals surface area contributed by atoms with Crippen LogP contribution in [0.5, 0.6) is 0 Å². The van der Waals surface area contributed by atoms with E-state index in [0.29, 0.717) is 16.7 Å². The van der Waals surface area contributed by atoms with Gasteiger partial charge in [0.2, 0.25) is 0 Å². The average Bonchev–Trinajstić information content (AvgIpc) is 2.81. The third-order valence-electron chi connectivity index (χ3n) is 3.58. The van der Waals surface area contributed by atoms with E-state index in [2.05, 4.69) is 0 Å². The SMILES string of the molecule is N#Cc1cc([N+](=O)[O-])c(-n2c(N)c3c(cc2=O)C(=O)NC3=O)cc1F. The van der Waals surface area contributed by atoms with Gasteiger partial charge in [0.1, 0.15) is 23.4 Å². The number of rotatable bonds is 2. The minimum Gasteiger partial charge on any atom is -0.384 e. The van der Waals surface area contributed by atoms with E-state index in [1.54, 1.807) is 0 Å². The summed E-state index contributed by atoms with van der Waals surface area (Å²) >= 11 is 0. The van der Waals surface area contributed by atoms with Crippen LogP contribution in [0.3, 0.4) is 0 Å². The quantitative estimate of drug-likeness (QED) is 0.448. The van der Waals surface area contributed by atoms with Crippen molar-refractivity contribution in [3.63, 3.8) is 0 Å². The van der Waals surface area contributed by atoms with Crippen LogP contribution in [0.25, 0.3) is 5.69 Å². The van der Waals surface area contributed by atoms with Gasteiger partial charge < -0.3 is 5.73 Å². The maximum atomic E-state index is 13.9. The Kier molecular flexibility index (Phi) is 3.31. The summed E-state index contributed by atoms with van der Waals surface area (Å²) in [6.07, 6.45) is 0. The van der Waals surface area contributed by atoms with Gasteiger partial charge in [-0.1, -0.05) is 0 Å². The zero-order chi connectivity index (χ0) is 18.5. The number of amides is 2. The number of hydrogen-bond donors (Lipinski definition) is 2. The fourth-order valence-corrected chi connectivity index (χ4v) is 2.49. The van der Waals surface area contributed by atoms with Crippen molar-refractivity contribution in [1.29, 1.82) is 5.26 Å². The van der Waals surface area contributed by atoms with E-state index in [1.165, 1.54) is 6.07 Å². The number of nitro groups is 1. The van der Waals surface area contributed by atoms with Crippen LogP contribution >= 0.6 is 0 Å². The van der Waals surface area contributed by atoms with E-state index in [9.17, 15) is 28.9 Å². The highest BCUT2D eigenvalue weighted by Crippen LogP contribution is 2.29. The molecule has 2 aromatic rings. The Labute approximate surface area is 137 Å². The number of benzene rings is 1.